The van der Waals surface area contributed by atoms with E-state index in [0.29, 0.717) is 12.0 Å². The Labute approximate surface area is 157 Å². The van der Waals surface area contributed by atoms with E-state index in [1.807, 2.05) is 31.2 Å². The molecule has 3 N–H and O–H groups in total. The van der Waals surface area contributed by atoms with Gasteiger partial charge in [-0.05, 0) is 60.0 Å². The van der Waals surface area contributed by atoms with Crippen LogP contribution in [-0.2, 0) is 16.8 Å². The summed E-state index contributed by atoms with van der Waals surface area (Å²) in [6.07, 6.45) is 7.03. The first-order valence-corrected chi connectivity index (χ1v) is 8.64. The van der Waals surface area contributed by atoms with Crippen molar-refractivity contribution < 1.29 is 9.18 Å². The lowest BCUT2D eigenvalue weighted by atomic mass is 9.82. The SMILES string of the molecule is CC(NC(Cc1ccncc1)(C(N)=O)c1ccc(F)cc1)c1ccncc1. The summed E-state index contributed by atoms with van der Waals surface area (Å²) in [4.78, 5) is 20.8. The number of nitrogens with two attached hydrogens (primary N) is 1. The Bertz CT molecular complexity index is 887. The zero-order valence-electron chi connectivity index (χ0n) is 15.0. The number of amides is 1. The van der Waals surface area contributed by atoms with Crippen LogP contribution in [0.4, 0.5) is 4.39 Å². The van der Waals surface area contributed by atoms with Gasteiger partial charge in [-0.15, -0.1) is 0 Å². The van der Waals surface area contributed by atoms with Crippen molar-refractivity contribution in [3.63, 3.8) is 0 Å². The van der Waals surface area contributed by atoms with Crippen molar-refractivity contribution in [2.75, 3.05) is 0 Å². The molecular weight excluding hydrogens is 343 g/mol. The van der Waals surface area contributed by atoms with Crippen LogP contribution in [0.15, 0.2) is 73.3 Å². The standard InChI is InChI=1S/C21H21FN4O/c1-15(17-8-12-25-13-9-17)26-21(20(23)27,14-16-6-10-24-11-7-16)18-2-4-19(22)5-3-18/h2-13,15,26H,14H2,1H3,(H2,23,27). The second-order valence-electron chi connectivity index (χ2n) is 6.46. The fourth-order valence-corrected chi connectivity index (χ4v) is 3.18. The smallest absolute Gasteiger partial charge is 0.242 e. The van der Waals surface area contributed by atoms with Gasteiger partial charge in [-0.2, -0.15) is 0 Å². The fraction of sp³-hybridized carbons (Fsp3) is 0.190. The van der Waals surface area contributed by atoms with Gasteiger partial charge in [-0.3, -0.25) is 20.1 Å². The van der Waals surface area contributed by atoms with E-state index in [-0.39, 0.29) is 11.9 Å². The highest BCUT2D eigenvalue weighted by molar-refractivity contribution is 5.86. The number of hydrogen-bond donors (Lipinski definition) is 2. The average molecular weight is 364 g/mol. The summed E-state index contributed by atoms with van der Waals surface area (Å²) < 4.78 is 13.5. The number of rotatable bonds is 7. The molecule has 5 nitrogen and oxygen atoms in total. The fourth-order valence-electron chi connectivity index (χ4n) is 3.18. The molecule has 3 aromatic rings. The summed E-state index contributed by atoms with van der Waals surface area (Å²) in [5.74, 6) is -0.907. The molecule has 0 fully saturated rings. The normalized spacial score (nSPS) is 14.3. The number of nitrogens with one attached hydrogen (secondary N) is 1. The van der Waals surface area contributed by atoms with Gasteiger partial charge >= 0.3 is 0 Å². The van der Waals surface area contributed by atoms with Crippen molar-refractivity contribution in [3.05, 3.63) is 95.8 Å². The molecule has 0 radical (unpaired) electrons. The first-order valence-electron chi connectivity index (χ1n) is 8.64. The molecule has 2 unspecified atom stereocenters. The number of aromatic nitrogens is 2. The van der Waals surface area contributed by atoms with Gasteiger partial charge in [-0.1, -0.05) is 12.1 Å². The van der Waals surface area contributed by atoms with E-state index in [9.17, 15) is 9.18 Å². The van der Waals surface area contributed by atoms with Crippen LogP contribution in [0.2, 0.25) is 0 Å². The topological polar surface area (TPSA) is 80.9 Å². The van der Waals surface area contributed by atoms with Crippen LogP contribution >= 0.6 is 0 Å². The summed E-state index contributed by atoms with van der Waals surface area (Å²) in [5, 5.41) is 3.39. The van der Waals surface area contributed by atoms with E-state index in [4.69, 9.17) is 5.73 Å². The lowest BCUT2D eigenvalue weighted by Gasteiger charge is -2.35. The van der Waals surface area contributed by atoms with Gasteiger partial charge in [0.2, 0.25) is 5.91 Å². The average Bonchev–Trinajstić information content (AvgIpc) is 2.69. The number of primary amides is 1. The minimum absolute atomic E-state index is 0.188. The van der Waals surface area contributed by atoms with Gasteiger partial charge in [0.15, 0.2) is 0 Å². The van der Waals surface area contributed by atoms with E-state index < -0.39 is 11.4 Å². The Kier molecular flexibility index (Phi) is 5.57. The lowest BCUT2D eigenvalue weighted by molar-refractivity contribution is -0.125. The van der Waals surface area contributed by atoms with Gasteiger partial charge < -0.3 is 5.73 Å². The quantitative estimate of drug-likeness (QED) is 0.675. The maximum atomic E-state index is 13.5. The van der Waals surface area contributed by atoms with Crippen LogP contribution in [0, 0.1) is 5.82 Å². The number of carbonyl (C=O) groups excluding carboxylic acids is 1. The van der Waals surface area contributed by atoms with E-state index >= 15 is 0 Å². The van der Waals surface area contributed by atoms with E-state index in [1.165, 1.54) is 12.1 Å². The highest BCUT2D eigenvalue weighted by Crippen LogP contribution is 2.30. The number of hydrogen-bond acceptors (Lipinski definition) is 4. The molecule has 0 bridgehead atoms. The molecule has 1 aromatic carbocycles. The Hall–Kier alpha value is -3.12. The van der Waals surface area contributed by atoms with Crippen molar-refractivity contribution in [2.24, 2.45) is 5.73 Å². The third kappa shape index (κ3) is 4.17. The van der Waals surface area contributed by atoms with Crippen LogP contribution in [0.3, 0.4) is 0 Å². The van der Waals surface area contributed by atoms with Gasteiger partial charge in [0.05, 0.1) is 0 Å². The molecule has 1 amide bonds. The summed E-state index contributed by atoms with van der Waals surface area (Å²) in [5.41, 5.74) is 7.14. The number of nitrogens with zero attached hydrogens (tertiary/aromatic N) is 2. The molecule has 0 aliphatic heterocycles. The van der Waals surface area contributed by atoms with Crippen LogP contribution in [0.5, 0.6) is 0 Å². The molecule has 2 heterocycles. The third-order valence-corrected chi connectivity index (χ3v) is 4.65. The van der Waals surface area contributed by atoms with Crippen molar-refractivity contribution in [1.82, 2.24) is 15.3 Å². The maximum absolute atomic E-state index is 13.5. The molecule has 0 spiro atoms. The molecule has 0 aliphatic rings. The van der Waals surface area contributed by atoms with E-state index in [1.54, 1.807) is 36.9 Å². The number of carbonyl (C=O) groups is 1. The first kappa shape index (κ1) is 18.7. The van der Waals surface area contributed by atoms with Gasteiger partial charge in [-0.25, -0.2) is 4.39 Å². The second kappa shape index (κ2) is 8.05. The van der Waals surface area contributed by atoms with E-state index in [2.05, 4.69) is 15.3 Å². The molecule has 27 heavy (non-hydrogen) atoms. The largest absolute Gasteiger partial charge is 0.368 e. The Balaban J connectivity index is 2.05. The van der Waals surface area contributed by atoms with Crippen molar-refractivity contribution in [2.45, 2.75) is 24.9 Å². The minimum Gasteiger partial charge on any atom is -0.368 e. The molecule has 6 heteroatoms. The Morgan fingerprint density at radius 2 is 1.59 bits per heavy atom. The Morgan fingerprint density at radius 1 is 1.04 bits per heavy atom. The number of benzene rings is 1. The summed E-state index contributed by atoms with van der Waals surface area (Å²) in [6, 6.07) is 13.1. The van der Waals surface area contributed by atoms with Crippen LogP contribution in [0.1, 0.15) is 29.7 Å². The zero-order chi connectivity index (χ0) is 19.3. The maximum Gasteiger partial charge on any atom is 0.242 e. The number of halogens is 1. The molecule has 138 valence electrons. The minimum atomic E-state index is -1.21. The molecule has 0 saturated carbocycles. The molecule has 0 saturated heterocycles. The molecule has 3 rings (SSSR count). The summed E-state index contributed by atoms with van der Waals surface area (Å²) >= 11 is 0. The summed E-state index contributed by atoms with van der Waals surface area (Å²) in [7, 11) is 0. The van der Waals surface area contributed by atoms with Crippen molar-refractivity contribution in [1.29, 1.82) is 0 Å². The highest BCUT2D eigenvalue weighted by atomic mass is 19.1. The summed E-state index contributed by atoms with van der Waals surface area (Å²) in [6.45, 7) is 1.95. The van der Waals surface area contributed by atoms with Crippen LogP contribution in [-0.4, -0.2) is 15.9 Å². The predicted octanol–water partition coefficient (Wildman–Crippen LogP) is 2.89. The van der Waals surface area contributed by atoms with Crippen LogP contribution in [0.25, 0.3) is 0 Å². The zero-order valence-corrected chi connectivity index (χ0v) is 15.0. The molecular formula is C21H21FN4O. The van der Waals surface area contributed by atoms with Gasteiger partial charge in [0.25, 0.3) is 0 Å². The monoisotopic (exact) mass is 364 g/mol. The van der Waals surface area contributed by atoms with E-state index in [0.717, 1.165) is 11.1 Å². The van der Waals surface area contributed by atoms with Crippen molar-refractivity contribution in [3.8, 4) is 0 Å². The molecule has 2 aromatic heterocycles. The number of pyridine rings is 2. The molecule has 0 aliphatic carbocycles. The molecule has 2 atom stereocenters. The predicted molar refractivity (Wildman–Crippen MR) is 101 cm³/mol. The van der Waals surface area contributed by atoms with Crippen LogP contribution < -0.4 is 11.1 Å². The van der Waals surface area contributed by atoms with Crippen molar-refractivity contribution >= 4 is 5.91 Å². The first-order chi connectivity index (χ1) is 13.0. The highest BCUT2D eigenvalue weighted by Gasteiger charge is 2.40. The Morgan fingerprint density at radius 3 is 2.15 bits per heavy atom. The second-order valence-corrected chi connectivity index (χ2v) is 6.46. The van der Waals surface area contributed by atoms with Gasteiger partial charge in [0, 0.05) is 37.3 Å². The van der Waals surface area contributed by atoms with Gasteiger partial charge in [0.1, 0.15) is 11.4 Å². The third-order valence-electron chi connectivity index (χ3n) is 4.65. The lowest BCUT2D eigenvalue weighted by Crippen LogP contribution is -2.55.